The summed E-state index contributed by atoms with van der Waals surface area (Å²) in [5, 5.41) is 19.4. The van der Waals surface area contributed by atoms with Crippen LogP contribution in [0.2, 0.25) is 0 Å². The smallest absolute Gasteiger partial charge is 0.0900 e. The molecule has 0 aliphatic carbocycles. The third-order valence-corrected chi connectivity index (χ3v) is 3.56. The van der Waals surface area contributed by atoms with Gasteiger partial charge in [0, 0.05) is 19.6 Å². The zero-order valence-electron chi connectivity index (χ0n) is 13.3. The van der Waals surface area contributed by atoms with Gasteiger partial charge in [-0.25, -0.2) is 0 Å². The summed E-state index contributed by atoms with van der Waals surface area (Å²) < 4.78 is 5.57. The van der Waals surface area contributed by atoms with Crippen molar-refractivity contribution in [3.63, 3.8) is 0 Å². The minimum absolute atomic E-state index is 0.0738. The highest BCUT2D eigenvalue weighted by molar-refractivity contribution is 5.14. The Balaban J connectivity index is 1.75. The van der Waals surface area contributed by atoms with Gasteiger partial charge in [-0.1, -0.05) is 60.7 Å². The van der Waals surface area contributed by atoms with E-state index in [1.54, 1.807) is 0 Å². The van der Waals surface area contributed by atoms with E-state index in [9.17, 15) is 10.2 Å². The summed E-state index contributed by atoms with van der Waals surface area (Å²) in [5.41, 5.74) is 2.26. The summed E-state index contributed by atoms with van der Waals surface area (Å²) in [6, 6.07) is 20.0. The Labute approximate surface area is 138 Å². The molecular formula is C19H25NO3. The molecule has 0 aliphatic heterocycles. The molecule has 4 heteroatoms. The van der Waals surface area contributed by atoms with Gasteiger partial charge >= 0.3 is 0 Å². The van der Waals surface area contributed by atoms with Crippen molar-refractivity contribution in [3.8, 4) is 0 Å². The first kappa shape index (κ1) is 17.6. The Kier molecular flexibility index (Phi) is 7.77. The van der Waals surface area contributed by atoms with Gasteiger partial charge in [-0.2, -0.15) is 0 Å². The molecule has 0 saturated heterocycles. The molecule has 4 nitrogen and oxygen atoms in total. The zero-order chi connectivity index (χ0) is 16.3. The van der Waals surface area contributed by atoms with Gasteiger partial charge in [0.25, 0.3) is 0 Å². The molecule has 0 saturated carbocycles. The van der Waals surface area contributed by atoms with E-state index in [-0.39, 0.29) is 13.2 Å². The van der Waals surface area contributed by atoms with E-state index < -0.39 is 6.10 Å². The van der Waals surface area contributed by atoms with Crippen LogP contribution in [0.15, 0.2) is 60.7 Å². The number of aliphatic hydroxyl groups is 2. The van der Waals surface area contributed by atoms with Gasteiger partial charge in [0.1, 0.15) is 0 Å². The van der Waals surface area contributed by atoms with Crippen LogP contribution in [0, 0.1) is 0 Å². The zero-order valence-corrected chi connectivity index (χ0v) is 13.3. The van der Waals surface area contributed by atoms with Crippen molar-refractivity contribution >= 4 is 0 Å². The largest absolute Gasteiger partial charge is 0.395 e. The average molecular weight is 315 g/mol. The van der Waals surface area contributed by atoms with Crippen LogP contribution >= 0.6 is 0 Å². The Morgan fingerprint density at radius 2 is 1.52 bits per heavy atom. The third-order valence-electron chi connectivity index (χ3n) is 3.56. The molecule has 1 unspecified atom stereocenters. The molecule has 0 spiro atoms. The fraction of sp³-hybridized carbons (Fsp3) is 0.368. The van der Waals surface area contributed by atoms with Crippen molar-refractivity contribution in [2.75, 3.05) is 26.3 Å². The van der Waals surface area contributed by atoms with Gasteiger partial charge < -0.3 is 14.9 Å². The van der Waals surface area contributed by atoms with E-state index in [1.165, 1.54) is 5.56 Å². The second kappa shape index (κ2) is 10.1. The Bertz CT molecular complexity index is 533. The molecule has 2 rings (SSSR count). The molecule has 0 fully saturated rings. The van der Waals surface area contributed by atoms with Crippen LogP contribution in [0.25, 0.3) is 0 Å². The maximum Gasteiger partial charge on any atom is 0.0900 e. The first-order valence-corrected chi connectivity index (χ1v) is 7.95. The Hall–Kier alpha value is -1.72. The molecule has 2 aromatic carbocycles. The molecule has 1 atom stereocenters. The molecule has 23 heavy (non-hydrogen) atoms. The normalized spacial score (nSPS) is 12.5. The molecule has 0 amide bonds. The summed E-state index contributed by atoms with van der Waals surface area (Å²) in [6.45, 7) is 2.57. The Morgan fingerprint density at radius 3 is 2.13 bits per heavy atom. The molecule has 0 aliphatic rings. The number of hydrogen-bond donors (Lipinski definition) is 2. The Morgan fingerprint density at radius 1 is 0.913 bits per heavy atom. The quantitative estimate of drug-likeness (QED) is 0.705. The number of rotatable bonds is 10. The minimum Gasteiger partial charge on any atom is -0.395 e. The molecule has 0 aromatic heterocycles. The number of benzene rings is 2. The molecular weight excluding hydrogens is 290 g/mol. The number of aliphatic hydroxyl groups excluding tert-OH is 2. The molecule has 0 heterocycles. The van der Waals surface area contributed by atoms with Crippen molar-refractivity contribution in [3.05, 3.63) is 71.8 Å². The summed E-state index contributed by atoms with van der Waals surface area (Å²) >= 11 is 0. The van der Waals surface area contributed by atoms with Crippen LogP contribution in [-0.4, -0.2) is 47.5 Å². The lowest BCUT2D eigenvalue weighted by molar-refractivity contribution is 0.00619. The van der Waals surface area contributed by atoms with Gasteiger partial charge in [-0.15, -0.1) is 0 Å². The first-order chi connectivity index (χ1) is 11.3. The van der Waals surface area contributed by atoms with Gasteiger partial charge in [-0.05, 0) is 11.1 Å². The predicted octanol–water partition coefficient (Wildman–Crippen LogP) is 2.06. The number of hydrogen-bond acceptors (Lipinski definition) is 4. The van der Waals surface area contributed by atoms with Crippen LogP contribution in [-0.2, 0) is 17.9 Å². The SMILES string of the molecule is OCCN(Cc1ccccc1)CC(O)COCc1ccccc1. The topological polar surface area (TPSA) is 52.9 Å². The lowest BCUT2D eigenvalue weighted by Gasteiger charge is -2.24. The lowest BCUT2D eigenvalue weighted by Crippen LogP contribution is -2.36. The van der Waals surface area contributed by atoms with E-state index in [1.807, 2.05) is 65.6 Å². The van der Waals surface area contributed by atoms with E-state index in [4.69, 9.17) is 4.74 Å². The molecule has 124 valence electrons. The highest BCUT2D eigenvalue weighted by Gasteiger charge is 2.12. The van der Waals surface area contributed by atoms with Gasteiger partial charge in [-0.3, -0.25) is 4.90 Å². The van der Waals surface area contributed by atoms with Crippen molar-refractivity contribution in [1.29, 1.82) is 0 Å². The van der Waals surface area contributed by atoms with E-state index in [2.05, 4.69) is 0 Å². The van der Waals surface area contributed by atoms with Crippen molar-refractivity contribution in [2.24, 2.45) is 0 Å². The predicted molar refractivity (Wildman–Crippen MR) is 90.9 cm³/mol. The monoisotopic (exact) mass is 315 g/mol. The average Bonchev–Trinajstić information content (AvgIpc) is 2.57. The van der Waals surface area contributed by atoms with Crippen LogP contribution in [0.4, 0.5) is 0 Å². The van der Waals surface area contributed by atoms with Gasteiger partial charge in [0.15, 0.2) is 0 Å². The van der Waals surface area contributed by atoms with Crippen LogP contribution in [0.3, 0.4) is 0 Å². The third kappa shape index (κ3) is 6.93. The minimum atomic E-state index is -0.575. The van der Waals surface area contributed by atoms with Crippen LogP contribution in [0.5, 0.6) is 0 Å². The standard InChI is InChI=1S/C19H25NO3/c21-12-11-20(13-17-7-3-1-4-8-17)14-19(22)16-23-15-18-9-5-2-6-10-18/h1-10,19,21-22H,11-16H2. The van der Waals surface area contributed by atoms with Gasteiger partial charge in [0.2, 0.25) is 0 Å². The highest BCUT2D eigenvalue weighted by Crippen LogP contribution is 2.06. The molecule has 2 N–H and O–H groups in total. The summed E-state index contributed by atoms with van der Waals surface area (Å²) in [7, 11) is 0. The summed E-state index contributed by atoms with van der Waals surface area (Å²) in [6.07, 6.45) is -0.575. The van der Waals surface area contributed by atoms with Crippen LogP contribution in [0.1, 0.15) is 11.1 Å². The van der Waals surface area contributed by atoms with E-state index in [0.717, 1.165) is 5.56 Å². The van der Waals surface area contributed by atoms with Gasteiger partial charge in [0.05, 0.1) is 25.9 Å². The first-order valence-electron chi connectivity index (χ1n) is 7.95. The summed E-state index contributed by atoms with van der Waals surface area (Å²) in [4.78, 5) is 2.03. The van der Waals surface area contributed by atoms with E-state index in [0.29, 0.717) is 26.2 Å². The second-order valence-electron chi connectivity index (χ2n) is 5.60. The van der Waals surface area contributed by atoms with Crippen LogP contribution < -0.4 is 0 Å². The van der Waals surface area contributed by atoms with Crippen molar-refractivity contribution in [2.45, 2.75) is 19.3 Å². The fourth-order valence-electron chi connectivity index (χ4n) is 2.46. The molecule has 0 bridgehead atoms. The highest BCUT2D eigenvalue weighted by atomic mass is 16.5. The summed E-state index contributed by atoms with van der Waals surface area (Å²) in [5.74, 6) is 0. The maximum atomic E-state index is 10.2. The number of ether oxygens (including phenoxy) is 1. The lowest BCUT2D eigenvalue weighted by atomic mass is 10.2. The number of nitrogens with zero attached hydrogens (tertiary/aromatic N) is 1. The maximum absolute atomic E-state index is 10.2. The second-order valence-corrected chi connectivity index (χ2v) is 5.60. The fourth-order valence-corrected chi connectivity index (χ4v) is 2.46. The molecule has 2 aromatic rings. The van der Waals surface area contributed by atoms with Crippen molar-refractivity contribution < 1.29 is 14.9 Å². The van der Waals surface area contributed by atoms with E-state index >= 15 is 0 Å². The van der Waals surface area contributed by atoms with Crippen molar-refractivity contribution in [1.82, 2.24) is 4.90 Å². The molecule has 0 radical (unpaired) electrons.